The van der Waals surface area contributed by atoms with Crippen LogP contribution in [-0.4, -0.2) is 25.6 Å². The van der Waals surface area contributed by atoms with Crippen LogP contribution >= 0.6 is 15.9 Å². The van der Waals surface area contributed by atoms with Gasteiger partial charge in [0.1, 0.15) is 0 Å². The first-order valence-electron chi connectivity index (χ1n) is 4.80. The number of hydrogen-bond acceptors (Lipinski definition) is 4. The van der Waals surface area contributed by atoms with E-state index < -0.39 is 0 Å². The summed E-state index contributed by atoms with van der Waals surface area (Å²) in [5, 5.41) is 11.6. The van der Waals surface area contributed by atoms with Gasteiger partial charge in [-0.05, 0) is 28.1 Å². The van der Waals surface area contributed by atoms with Crippen molar-refractivity contribution in [3.63, 3.8) is 0 Å². The van der Waals surface area contributed by atoms with Crippen molar-refractivity contribution in [2.24, 2.45) is 10.9 Å². The van der Waals surface area contributed by atoms with E-state index in [1.807, 2.05) is 12.1 Å². The van der Waals surface area contributed by atoms with Crippen LogP contribution in [0.3, 0.4) is 0 Å². The average Bonchev–Trinajstić information content (AvgIpc) is 2.79. The van der Waals surface area contributed by atoms with E-state index in [-0.39, 0.29) is 5.84 Å². The Hall–Kier alpha value is -1.89. The molecule has 0 saturated heterocycles. The van der Waals surface area contributed by atoms with Gasteiger partial charge < -0.3 is 15.5 Å². The van der Waals surface area contributed by atoms with E-state index >= 15 is 0 Å². The molecule has 0 bridgehead atoms. The average molecular weight is 296 g/mol. The molecule has 0 aliphatic rings. The molecule has 0 spiro atoms. The zero-order chi connectivity index (χ0) is 12.3. The molecule has 17 heavy (non-hydrogen) atoms. The van der Waals surface area contributed by atoms with E-state index in [9.17, 15) is 0 Å². The van der Waals surface area contributed by atoms with Gasteiger partial charge in [-0.1, -0.05) is 5.16 Å². The van der Waals surface area contributed by atoms with Gasteiger partial charge in [0.15, 0.2) is 5.82 Å². The van der Waals surface area contributed by atoms with Gasteiger partial charge in [0.2, 0.25) is 5.84 Å². The lowest BCUT2D eigenvalue weighted by atomic mass is 10.3. The third-order valence-electron chi connectivity index (χ3n) is 2.17. The standard InChI is InChI=1S/C10H10BrN5O/c11-7-1-2-8(14-5-7)6-16-4-3-13-10(16)9(12)15-17/h1-5,17H,6H2,(H2,12,15). The van der Waals surface area contributed by atoms with Crippen molar-refractivity contribution in [2.45, 2.75) is 6.54 Å². The summed E-state index contributed by atoms with van der Waals surface area (Å²) in [7, 11) is 0. The van der Waals surface area contributed by atoms with Gasteiger partial charge in [-0.25, -0.2) is 4.98 Å². The fraction of sp³-hybridized carbons (Fsp3) is 0.100. The number of rotatable bonds is 3. The number of imidazole rings is 1. The van der Waals surface area contributed by atoms with E-state index in [2.05, 4.69) is 31.1 Å². The number of nitrogens with two attached hydrogens (primary N) is 1. The number of nitrogens with zero attached hydrogens (tertiary/aromatic N) is 4. The van der Waals surface area contributed by atoms with E-state index in [4.69, 9.17) is 10.9 Å². The molecule has 2 aromatic heterocycles. The summed E-state index contributed by atoms with van der Waals surface area (Å²) in [5.41, 5.74) is 6.37. The largest absolute Gasteiger partial charge is 0.409 e. The fourth-order valence-electron chi connectivity index (χ4n) is 1.39. The second-order valence-electron chi connectivity index (χ2n) is 3.33. The lowest BCUT2D eigenvalue weighted by molar-refractivity contribution is 0.318. The predicted octanol–water partition coefficient (Wildman–Crippen LogP) is 1.18. The van der Waals surface area contributed by atoms with Crippen LogP contribution in [0, 0.1) is 0 Å². The molecule has 2 heterocycles. The highest BCUT2D eigenvalue weighted by Gasteiger charge is 2.08. The van der Waals surface area contributed by atoms with Crippen LogP contribution in [0.1, 0.15) is 11.5 Å². The third-order valence-corrected chi connectivity index (χ3v) is 2.64. The van der Waals surface area contributed by atoms with Crippen LogP contribution < -0.4 is 5.73 Å². The van der Waals surface area contributed by atoms with Gasteiger partial charge in [0.05, 0.1) is 12.2 Å². The molecule has 0 amide bonds. The molecular formula is C10H10BrN5O. The molecule has 88 valence electrons. The van der Waals surface area contributed by atoms with E-state index in [0.29, 0.717) is 12.4 Å². The van der Waals surface area contributed by atoms with Gasteiger partial charge in [-0.3, -0.25) is 4.98 Å². The minimum Gasteiger partial charge on any atom is -0.409 e. The molecule has 2 aromatic rings. The second-order valence-corrected chi connectivity index (χ2v) is 4.25. The smallest absolute Gasteiger partial charge is 0.206 e. The summed E-state index contributed by atoms with van der Waals surface area (Å²) < 4.78 is 2.68. The molecule has 0 atom stereocenters. The Morgan fingerprint density at radius 2 is 2.29 bits per heavy atom. The van der Waals surface area contributed by atoms with Crippen molar-refractivity contribution in [3.05, 3.63) is 46.7 Å². The zero-order valence-corrected chi connectivity index (χ0v) is 10.4. The quantitative estimate of drug-likeness (QED) is 0.385. The minimum absolute atomic E-state index is 0.0212. The number of halogens is 1. The lowest BCUT2D eigenvalue weighted by Crippen LogP contribution is -2.20. The fourth-order valence-corrected chi connectivity index (χ4v) is 1.62. The summed E-state index contributed by atoms with van der Waals surface area (Å²) in [6, 6.07) is 3.79. The molecule has 2 rings (SSSR count). The Morgan fingerprint density at radius 3 is 2.94 bits per heavy atom. The zero-order valence-electron chi connectivity index (χ0n) is 8.79. The molecule has 0 aliphatic heterocycles. The number of amidine groups is 1. The highest BCUT2D eigenvalue weighted by Crippen LogP contribution is 2.09. The van der Waals surface area contributed by atoms with Gasteiger partial charge in [0.25, 0.3) is 0 Å². The Labute approximate surface area is 106 Å². The molecular weight excluding hydrogens is 286 g/mol. The van der Waals surface area contributed by atoms with Crippen molar-refractivity contribution in [2.75, 3.05) is 0 Å². The van der Waals surface area contributed by atoms with Crippen molar-refractivity contribution in [3.8, 4) is 0 Å². The molecule has 0 aliphatic carbocycles. The molecule has 0 aromatic carbocycles. The summed E-state index contributed by atoms with van der Waals surface area (Å²) in [6.45, 7) is 0.513. The molecule has 0 radical (unpaired) electrons. The number of aromatic nitrogens is 3. The van der Waals surface area contributed by atoms with Crippen LogP contribution in [-0.2, 0) is 6.54 Å². The third kappa shape index (κ3) is 2.62. The minimum atomic E-state index is -0.0212. The molecule has 3 N–H and O–H groups in total. The van der Waals surface area contributed by atoms with Gasteiger partial charge in [-0.2, -0.15) is 0 Å². The van der Waals surface area contributed by atoms with Gasteiger partial charge >= 0.3 is 0 Å². The molecule has 0 saturated carbocycles. The van der Waals surface area contributed by atoms with Crippen molar-refractivity contribution in [1.29, 1.82) is 0 Å². The molecule has 0 unspecified atom stereocenters. The van der Waals surface area contributed by atoms with Crippen LogP contribution in [0.15, 0.2) is 40.4 Å². The summed E-state index contributed by atoms with van der Waals surface area (Å²) >= 11 is 3.32. The Morgan fingerprint density at radius 1 is 1.47 bits per heavy atom. The molecule has 0 fully saturated rings. The van der Waals surface area contributed by atoms with Crippen LogP contribution in [0.4, 0.5) is 0 Å². The maximum Gasteiger partial charge on any atom is 0.206 e. The van der Waals surface area contributed by atoms with Gasteiger partial charge in [0, 0.05) is 23.1 Å². The topological polar surface area (TPSA) is 89.3 Å². The number of hydrogen-bond donors (Lipinski definition) is 2. The Bertz CT molecular complexity index is 534. The van der Waals surface area contributed by atoms with E-state index in [1.54, 1.807) is 23.2 Å². The Kier molecular flexibility index (Phi) is 3.38. The van der Waals surface area contributed by atoms with Crippen LogP contribution in [0.25, 0.3) is 0 Å². The normalized spacial score (nSPS) is 11.7. The molecule has 7 heteroatoms. The van der Waals surface area contributed by atoms with Gasteiger partial charge in [-0.15, -0.1) is 0 Å². The predicted molar refractivity (Wildman–Crippen MR) is 65.8 cm³/mol. The van der Waals surface area contributed by atoms with E-state index in [0.717, 1.165) is 10.2 Å². The van der Waals surface area contributed by atoms with E-state index in [1.165, 1.54) is 0 Å². The molecule has 6 nitrogen and oxygen atoms in total. The monoisotopic (exact) mass is 295 g/mol. The first-order valence-corrected chi connectivity index (χ1v) is 5.59. The summed E-state index contributed by atoms with van der Waals surface area (Å²) in [5.74, 6) is 0.393. The number of oxime groups is 1. The second kappa shape index (κ2) is 4.96. The first-order chi connectivity index (χ1) is 8.20. The van der Waals surface area contributed by atoms with Crippen LogP contribution in [0.2, 0.25) is 0 Å². The maximum absolute atomic E-state index is 8.62. The SMILES string of the molecule is N/C(=N/O)c1nccn1Cc1ccc(Br)cn1. The summed E-state index contributed by atoms with van der Waals surface area (Å²) in [6.07, 6.45) is 5.05. The van der Waals surface area contributed by atoms with Crippen molar-refractivity contribution < 1.29 is 5.21 Å². The Balaban J connectivity index is 2.25. The summed E-state index contributed by atoms with van der Waals surface area (Å²) in [4.78, 5) is 8.25. The van der Waals surface area contributed by atoms with Crippen molar-refractivity contribution in [1.82, 2.24) is 14.5 Å². The number of pyridine rings is 1. The van der Waals surface area contributed by atoms with Crippen LogP contribution in [0.5, 0.6) is 0 Å². The maximum atomic E-state index is 8.62. The lowest BCUT2D eigenvalue weighted by Gasteiger charge is -2.05. The van der Waals surface area contributed by atoms with Crippen molar-refractivity contribution >= 4 is 21.8 Å². The first kappa shape index (κ1) is 11.6. The highest BCUT2D eigenvalue weighted by molar-refractivity contribution is 9.10. The highest BCUT2D eigenvalue weighted by atomic mass is 79.9.